The van der Waals surface area contributed by atoms with Crippen molar-refractivity contribution < 1.29 is 4.74 Å². The number of fused-ring (bicyclic) bond motifs is 1. The molecule has 0 unspecified atom stereocenters. The zero-order chi connectivity index (χ0) is 13.9. The van der Waals surface area contributed by atoms with Crippen molar-refractivity contribution in [1.82, 2.24) is 9.61 Å². The molecule has 0 aliphatic heterocycles. The van der Waals surface area contributed by atoms with Crippen molar-refractivity contribution in [3.8, 4) is 5.75 Å². The molecule has 0 radical (unpaired) electrons. The molecule has 2 aromatic heterocycles. The normalized spacial score (nSPS) is 10.7. The first kappa shape index (κ1) is 12.5. The Bertz CT molecular complexity index is 744. The lowest BCUT2D eigenvalue weighted by atomic mass is 10.1. The molecule has 3 nitrogen and oxygen atoms in total. The maximum Gasteiger partial charge on any atom is 0.123 e. The van der Waals surface area contributed by atoms with Gasteiger partial charge in [0, 0.05) is 17.8 Å². The molecule has 0 aliphatic carbocycles. The minimum absolute atomic E-state index is 0.563. The Labute approximate surface area is 118 Å². The zero-order valence-corrected chi connectivity index (χ0v) is 11.4. The van der Waals surface area contributed by atoms with Crippen molar-refractivity contribution >= 4 is 11.1 Å². The SMILES string of the molecule is C=C(C)c1cnn2ccc(OCc3ccccc3)cc12. The van der Waals surface area contributed by atoms with Gasteiger partial charge in [-0.1, -0.05) is 36.9 Å². The van der Waals surface area contributed by atoms with E-state index < -0.39 is 0 Å². The second-order valence-electron chi connectivity index (χ2n) is 4.81. The topological polar surface area (TPSA) is 26.5 Å². The van der Waals surface area contributed by atoms with Gasteiger partial charge in [-0.3, -0.25) is 0 Å². The molecule has 100 valence electrons. The number of benzene rings is 1. The molecule has 0 spiro atoms. The van der Waals surface area contributed by atoms with Gasteiger partial charge in [0.2, 0.25) is 0 Å². The summed E-state index contributed by atoms with van der Waals surface area (Å²) in [6.07, 6.45) is 3.74. The Balaban J connectivity index is 1.85. The molecule has 3 aromatic rings. The van der Waals surface area contributed by atoms with Gasteiger partial charge in [0.05, 0.1) is 11.7 Å². The largest absolute Gasteiger partial charge is 0.489 e. The summed E-state index contributed by atoms with van der Waals surface area (Å²) in [5.41, 5.74) is 4.22. The zero-order valence-electron chi connectivity index (χ0n) is 11.4. The van der Waals surface area contributed by atoms with E-state index in [-0.39, 0.29) is 0 Å². The van der Waals surface area contributed by atoms with Gasteiger partial charge in [-0.05, 0) is 24.1 Å². The average Bonchev–Trinajstić information content (AvgIpc) is 2.89. The maximum absolute atomic E-state index is 5.83. The number of aromatic nitrogens is 2. The number of ether oxygens (including phenoxy) is 1. The van der Waals surface area contributed by atoms with Gasteiger partial charge >= 0.3 is 0 Å². The fraction of sp³-hybridized carbons (Fsp3) is 0.118. The molecule has 0 fully saturated rings. The molecule has 0 N–H and O–H groups in total. The Hall–Kier alpha value is -2.55. The van der Waals surface area contributed by atoms with Crippen LogP contribution in [0.1, 0.15) is 18.1 Å². The summed E-state index contributed by atoms with van der Waals surface area (Å²) in [4.78, 5) is 0. The lowest BCUT2D eigenvalue weighted by molar-refractivity contribution is 0.306. The van der Waals surface area contributed by atoms with Crippen molar-refractivity contribution in [3.63, 3.8) is 0 Å². The molecular weight excluding hydrogens is 248 g/mol. The third-order valence-electron chi connectivity index (χ3n) is 3.20. The quantitative estimate of drug-likeness (QED) is 0.713. The fourth-order valence-electron chi connectivity index (χ4n) is 2.12. The van der Waals surface area contributed by atoms with Gasteiger partial charge in [-0.15, -0.1) is 0 Å². The van der Waals surface area contributed by atoms with Crippen LogP contribution in [-0.2, 0) is 6.61 Å². The highest BCUT2D eigenvalue weighted by molar-refractivity contribution is 5.76. The molecule has 0 atom stereocenters. The third kappa shape index (κ3) is 2.43. The highest BCUT2D eigenvalue weighted by Crippen LogP contribution is 2.22. The molecule has 3 heteroatoms. The van der Waals surface area contributed by atoms with Gasteiger partial charge in [-0.2, -0.15) is 5.10 Å². The van der Waals surface area contributed by atoms with Crippen LogP contribution in [0.5, 0.6) is 5.75 Å². The van der Waals surface area contributed by atoms with Gasteiger partial charge in [0.1, 0.15) is 12.4 Å². The van der Waals surface area contributed by atoms with Crippen molar-refractivity contribution in [2.45, 2.75) is 13.5 Å². The second-order valence-corrected chi connectivity index (χ2v) is 4.81. The standard InChI is InChI=1S/C17H16N2O/c1-13(2)16-11-18-19-9-8-15(10-17(16)19)20-12-14-6-4-3-5-7-14/h3-11H,1,12H2,2H3. The molecule has 0 saturated heterocycles. The van der Waals surface area contributed by atoms with E-state index >= 15 is 0 Å². The minimum Gasteiger partial charge on any atom is -0.489 e. The molecule has 2 heterocycles. The van der Waals surface area contributed by atoms with E-state index in [4.69, 9.17) is 4.74 Å². The fourth-order valence-corrected chi connectivity index (χ4v) is 2.12. The first-order chi connectivity index (χ1) is 9.74. The molecule has 0 aliphatic rings. The average molecular weight is 264 g/mol. The van der Waals surface area contributed by atoms with Crippen LogP contribution in [0.15, 0.2) is 61.4 Å². The lowest BCUT2D eigenvalue weighted by Crippen LogP contribution is -1.96. The van der Waals surface area contributed by atoms with Crippen LogP contribution in [0.3, 0.4) is 0 Å². The number of rotatable bonds is 4. The summed E-state index contributed by atoms with van der Waals surface area (Å²) in [6.45, 7) is 6.52. The van der Waals surface area contributed by atoms with Crippen LogP contribution in [0.25, 0.3) is 11.1 Å². The molecular formula is C17H16N2O. The van der Waals surface area contributed by atoms with Crippen LogP contribution in [0.4, 0.5) is 0 Å². The molecule has 3 rings (SSSR count). The van der Waals surface area contributed by atoms with E-state index in [9.17, 15) is 0 Å². The molecule has 0 saturated carbocycles. The highest BCUT2D eigenvalue weighted by atomic mass is 16.5. The summed E-state index contributed by atoms with van der Waals surface area (Å²) in [5, 5.41) is 4.30. The molecule has 1 aromatic carbocycles. The van der Waals surface area contributed by atoms with E-state index in [0.717, 1.165) is 28.0 Å². The molecule has 0 bridgehead atoms. The summed E-state index contributed by atoms with van der Waals surface area (Å²) < 4.78 is 7.67. The monoisotopic (exact) mass is 264 g/mol. The van der Waals surface area contributed by atoms with E-state index in [0.29, 0.717) is 6.61 Å². The van der Waals surface area contributed by atoms with Crippen LogP contribution < -0.4 is 4.74 Å². The summed E-state index contributed by atoms with van der Waals surface area (Å²) in [6, 6.07) is 14.1. The maximum atomic E-state index is 5.83. The van der Waals surface area contributed by atoms with Crippen LogP contribution in [-0.4, -0.2) is 9.61 Å². The summed E-state index contributed by atoms with van der Waals surface area (Å²) in [7, 11) is 0. The Morgan fingerprint density at radius 3 is 2.80 bits per heavy atom. The number of pyridine rings is 1. The van der Waals surface area contributed by atoms with E-state index in [1.165, 1.54) is 0 Å². The van der Waals surface area contributed by atoms with Crippen molar-refractivity contribution in [1.29, 1.82) is 0 Å². The van der Waals surface area contributed by atoms with Crippen molar-refractivity contribution in [2.75, 3.05) is 0 Å². The summed E-state index contributed by atoms with van der Waals surface area (Å²) in [5.74, 6) is 0.837. The van der Waals surface area contributed by atoms with Gasteiger partial charge in [0.25, 0.3) is 0 Å². The third-order valence-corrected chi connectivity index (χ3v) is 3.20. The highest BCUT2D eigenvalue weighted by Gasteiger charge is 2.06. The lowest BCUT2D eigenvalue weighted by Gasteiger charge is -2.07. The van der Waals surface area contributed by atoms with Gasteiger partial charge in [0.15, 0.2) is 0 Å². The Kier molecular flexibility index (Phi) is 3.25. The second kappa shape index (κ2) is 5.21. The number of hydrogen-bond acceptors (Lipinski definition) is 2. The minimum atomic E-state index is 0.563. The number of hydrogen-bond donors (Lipinski definition) is 0. The van der Waals surface area contributed by atoms with Crippen molar-refractivity contribution in [3.05, 3.63) is 72.6 Å². The predicted molar refractivity (Wildman–Crippen MR) is 80.7 cm³/mol. The van der Waals surface area contributed by atoms with Gasteiger partial charge < -0.3 is 4.74 Å². The first-order valence-corrected chi connectivity index (χ1v) is 6.54. The van der Waals surface area contributed by atoms with E-state index in [1.807, 2.05) is 54.2 Å². The van der Waals surface area contributed by atoms with Crippen LogP contribution in [0, 0.1) is 0 Å². The Morgan fingerprint density at radius 2 is 2.05 bits per heavy atom. The number of nitrogens with zero attached hydrogens (tertiary/aromatic N) is 2. The van der Waals surface area contributed by atoms with E-state index in [2.05, 4.69) is 23.8 Å². The predicted octanol–water partition coefficient (Wildman–Crippen LogP) is 3.95. The van der Waals surface area contributed by atoms with Crippen molar-refractivity contribution in [2.24, 2.45) is 0 Å². The molecule has 0 amide bonds. The molecule has 20 heavy (non-hydrogen) atoms. The smallest absolute Gasteiger partial charge is 0.123 e. The van der Waals surface area contributed by atoms with Crippen LogP contribution in [0.2, 0.25) is 0 Å². The number of allylic oxidation sites excluding steroid dienone is 1. The van der Waals surface area contributed by atoms with Gasteiger partial charge in [-0.25, -0.2) is 4.52 Å². The first-order valence-electron chi connectivity index (χ1n) is 6.54. The summed E-state index contributed by atoms with van der Waals surface area (Å²) >= 11 is 0. The van der Waals surface area contributed by atoms with E-state index in [1.54, 1.807) is 0 Å². The Morgan fingerprint density at radius 1 is 1.25 bits per heavy atom. The van der Waals surface area contributed by atoms with Crippen LogP contribution >= 0.6 is 0 Å².